The fourth-order valence-corrected chi connectivity index (χ4v) is 2.91. The van der Waals surface area contributed by atoms with Crippen molar-refractivity contribution in [3.05, 3.63) is 42.5 Å². The Morgan fingerprint density at radius 1 is 1.26 bits per heavy atom. The SMILES string of the molecule is C=CCn1c(SCc2nnc(CC)o2)nnc1-c1ccoc1C. The molecule has 0 amide bonds. The van der Waals surface area contributed by atoms with Crippen LogP contribution in [0.4, 0.5) is 0 Å². The van der Waals surface area contributed by atoms with Gasteiger partial charge in [-0.1, -0.05) is 24.8 Å². The molecule has 0 atom stereocenters. The molecule has 0 spiro atoms. The number of aryl methyl sites for hydroxylation is 2. The number of thioether (sulfide) groups is 1. The summed E-state index contributed by atoms with van der Waals surface area (Å²) >= 11 is 1.50. The van der Waals surface area contributed by atoms with Crippen LogP contribution in [0, 0.1) is 6.92 Å². The van der Waals surface area contributed by atoms with Crippen LogP contribution < -0.4 is 0 Å². The number of hydrogen-bond acceptors (Lipinski definition) is 7. The average molecular weight is 331 g/mol. The molecule has 0 saturated carbocycles. The van der Waals surface area contributed by atoms with Crippen LogP contribution in [0.25, 0.3) is 11.4 Å². The van der Waals surface area contributed by atoms with Gasteiger partial charge in [-0.3, -0.25) is 4.57 Å². The van der Waals surface area contributed by atoms with Gasteiger partial charge in [-0.15, -0.1) is 27.0 Å². The third-order valence-corrected chi connectivity index (χ3v) is 4.22. The fraction of sp³-hybridized carbons (Fsp3) is 0.333. The van der Waals surface area contributed by atoms with Gasteiger partial charge in [0.2, 0.25) is 11.8 Å². The number of hydrogen-bond donors (Lipinski definition) is 0. The number of rotatable bonds is 7. The highest BCUT2D eigenvalue weighted by molar-refractivity contribution is 7.98. The number of aromatic nitrogens is 5. The van der Waals surface area contributed by atoms with Crippen molar-refractivity contribution in [3.8, 4) is 11.4 Å². The second-order valence-electron chi connectivity index (χ2n) is 4.83. The van der Waals surface area contributed by atoms with Crippen molar-refractivity contribution < 1.29 is 8.83 Å². The minimum absolute atomic E-state index is 0.548. The van der Waals surface area contributed by atoms with E-state index in [1.54, 1.807) is 6.26 Å². The highest BCUT2D eigenvalue weighted by atomic mass is 32.2. The van der Waals surface area contributed by atoms with Crippen LogP contribution in [0.1, 0.15) is 24.5 Å². The first-order chi connectivity index (χ1) is 11.2. The minimum Gasteiger partial charge on any atom is -0.469 e. The van der Waals surface area contributed by atoms with E-state index in [0.29, 0.717) is 24.1 Å². The van der Waals surface area contributed by atoms with E-state index in [-0.39, 0.29) is 0 Å². The van der Waals surface area contributed by atoms with E-state index in [9.17, 15) is 0 Å². The standard InChI is InChI=1S/C15H17N5O2S/c1-4-7-20-14(11-6-8-21-10(11)3)18-19-15(20)23-9-13-17-16-12(5-2)22-13/h4,6,8H,1,5,7,9H2,2-3H3. The fourth-order valence-electron chi connectivity index (χ4n) is 2.12. The molecule has 23 heavy (non-hydrogen) atoms. The Labute approximate surface area is 137 Å². The van der Waals surface area contributed by atoms with Gasteiger partial charge >= 0.3 is 0 Å². The molecule has 0 fully saturated rings. The molecule has 0 aliphatic carbocycles. The second kappa shape index (κ2) is 6.82. The molecule has 7 nitrogen and oxygen atoms in total. The maximum atomic E-state index is 5.52. The molecule has 0 N–H and O–H groups in total. The summed E-state index contributed by atoms with van der Waals surface area (Å²) in [5.41, 5.74) is 0.928. The van der Waals surface area contributed by atoms with Crippen LogP contribution in [-0.4, -0.2) is 25.0 Å². The van der Waals surface area contributed by atoms with Crippen LogP contribution in [0.3, 0.4) is 0 Å². The first kappa shape index (κ1) is 15.5. The molecule has 3 heterocycles. The maximum Gasteiger partial charge on any atom is 0.226 e. The highest BCUT2D eigenvalue weighted by Gasteiger charge is 2.17. The van der Waals surface area contributed by atoms with Crippen molar-refractivity contribution in [2.24, 2.45) is 0 Å². The quantitative estimate of drug-likeness (QED) is 0.485. The lowest BCUT2D eigenvalue weighted by Gasteiger charge is -2.06. The molecule has 120 valence electrons. The first-order valence-electron chi connectivity index (χ1n) is 7.25. The zero-order valence-corrected chi connectivity index (χ0v) is 13.8. The Hall–Kier alpha value is -2.35. The monoisotopic (exact) mass is 331 g/mol. The van der Waals surface area contributed by atoms with Crippen molar-refractivity contribution in [2.45, 2.75) is 37.7 Å². The summed E-state index contributed by atoms with van der Waals surface area (Å²) in [5.74, 6) is 3.35. The van der Waals surface area contributed by atoms with Gasteiger partial charge in [-0.25, -0.2) is 0 Å². The molecule has 0 bridgehead atoms. The Balaban J connectivity index is 1.83. The van der Waals surface area contributed by atoms with Crippen LogP contribution in [-0.2, 0) is 18.7 Å². The molecule has 8 heteroatoms. The average Bonchev–Trinajstić information content (AvgIpc) is 3.26. The summed E-state index contributed by atoms with van der Waals surface area (Å²) in [5, 5.41) is 17.3. The van der Waals surface area contributed by atoms with Gasteiger partial charge in [0.1, 0.15) is 5.76 Å². The Morgan fingerprint density at radius 3 is 2.74 bits per heavy atom. The number of allylic oxidation sites excluding steroid dienone is 1. The zero-order chi connectivity index (χ0) is 16.2. The summed E-state index contributed by atoms with van der Waals surface area (Å²) in [7, 11) is 0. The summed E-state index contributed by atoms with van der Waals surface area (Å²) in [6.07, 6.45) is 4.19. The number of furan rings is 1. The van der Waals surface area contributed by atoms with E-state index >= 15 is 0 Å². The molecule has 0 radical (unpaired) electrons. The van der Waals surface area contributed by atoms with Gasteiger partial charge in [0.25, 0.3) is 0 Å². The first-order valence-corrected chi connectivity index (χ1v) is 8.24. The molecule has 3 aromatic heterocycles. The van der Waals surface area contributed by atoms with E-state index in [1.807, 2.05) is 30.6 Å². The van der Waals surface area contributed by atoms with E-state index in [0.717, 1.165) is 28.7 Å². The molecular formula is C15H17N5O2S. The molecule has 0 aromatic carbocycles. The minimum atomic E-state index is 0.548. The Morgan fingerprint density at radius 2 is 2.09 bits per heavy atom. The van der Waals surface area contributed by atoms with Crippen molar-refractivity contribution in [2.75, 3.05) is 0 Å². The van der Waals surface area contributed by atoms with Gasteiger partial charge in [0.05, 0.1) is 17.6 Å². The van der Waals surface area contributed by atoms with Gasteiger partial charge in [-0.05, 0) is 13.0 Å². The highest BCUT2D eigenvalue weighted by Crippen LogP contribution is 2.28. The predicted molar refractivity (Wildman–Crippen MR) is 85.9 cm³/mol. The summed E-state index contributed by atoms with van der Waals surface area (Å²) in [6, 6.07) is 1.89. The predicted octanol–water partition coefficient (Wildman–Crippen LogP) is 3.27. The molecule has 0 saturated heterocycles. The van der Waals surface area contributed by atoms with Crippen molar-refractivity contribution in [1.82, 2.24) is 25.0 Å². The third-order valence-electron chi connectivity index (χ3n) is 3.26. The largest absolute Gasteiger partial charge is 0.469 e. The number of nitrogens with zero attached hydrogens (tertiary/aromatic N) is 5. The van der Waals surface area contributed by atoms with E-state index in [1.165, 1.54) is 11.8 Å². The van der Waals surface area contributed by atoms with E-state index < -0.39 is 0 Å². The van der Waals surface area contributed by atoms with Gasteiger partial charge < -0.3 is 8.83 Å². The van der Waals surface area contributed by atoms with Crippen LogP contribution in [0.2, 0.25) is 0 Å². The second-order valence-corrected chi connectivity index (χ2v) is 5.77. The molecule has 0 aliphatic heterocycles. The topological polar surface area (TPSA) is 82.8 Å². The molecule has 0 aliphatic rings. The van der Waals surface area contributed by atoms with Crippen LogP contribution >= 0.6 is 11.8 Å². The normalized spacial score (nSPS) is 11.0. The van der Waals surface area contributed by atoms with Gasteiger partial charge in [0.15, 0.2) is 11.0 Å². The van der Waals surface area contributed by atoms with Gasteiger partial charge in [0, 0.05) is 13.0 Å². The Kier molecular flexibility index (Phi) is 4.61. The Bertz CT molecular complexity index is 805. The van der Waals surface area contributed by atoms with Crippen LogP contribution in [0.5, 0.6) is 0 Å². The van der Waals surface area contributed by atoms with Crippen molar-refractivity contribution in [3.63, 3.8) is 0 Å². The lowest BCUT2D eigenvalue weighted by Crippen LogP contribution is -2.00. The molecule has 0 unspecified atom stereocenters. The maximum absolute atomic E-state index is 5.52. The molecule has 3 rings (SSSR count). The summed E-state index contributed by atoms with van der Waals surface area (Å²) in [4.78, 5) is 0. The lowest BCUT2D eigenvalue weighted by molar-refractivity contribution is 0.469. The molecule has 3 aromatic rings. The van der Waals surface area contributed by atoms with Crippen LogP contribution in [0.15, 0.2) is 39.0 Å². The third kappa shape index (κ3) is 3.21. The molecular weight excluding hydrogens is 314 g/mol. The smallest absolute Gasteiger partial charge is 0.226 e. The summed E-state index contributed by atoms with van der Waals surface area (Å²) in [6.45, 7) is 8.29. The van der Waals surface area contributed by atoms with Crippen molar-refractivity contribution >= 4 is 11.8 Å². The van der Waals surface area contributed by atoms with E-state index in [2.05, 4.69) is 27.0 Å². The van der Waals surface area contributed by atoms with Crippen molar-refractivity contribution in [1.29, 1.82) is 0 Å². The zero-order valence-electron chi connectivity index (χ0n) is 13.0. The lowest BCUT2D eigenvalue weighted by atomic mass is 10.2. The van der Waals surface area contributed by atoms with Gasteiger partial charge in [-0.2, -0.15) is 0 Å². The van der Waals surface area contributed by atoms with E-state index in [4.69, 9.17) is 8.83 Å². The summed E-state index contributed by atoms with van der Waals surface area (Å²) < 4.78 is 12.9.